The van der Waals surface area contributed by atoms with Crippen molar-refractivity contribution < 1.29 is 14.6 Å². The number of carbonyl (C=O) groups is 1. The molecule has 1 aliphatic heterocycles. The quantitative estimate of drug-likeness (QED) is 0.766. The number of ether oxygens (including phenoxy) is 1. The topological polar surface area (TPSA) is 90.1 Å². The SMILES string of the molecule is O=C(O)C1(Cc2cn(Cc3ccc4cccnc4c3)nn2)CCCO1. The standard InChI is InChI=1S/C18H18N4O3/c23-17(24)18(6-2-8-25-18)10-15-12-22(21-20-15)11-13-4-5-14-3-1-7-19-16(14)9-13/h1,3-5,7,9,12H,2,6,8,10-11H2,(H,23,24). The molecule has 2 aromatic heterocycles. The van der Waals surface area contributed by atoms with E-state index < -0.39 is 11.6 Å². The van der Waals surface area contributed by atoms with E-state index in [4.69, 9.17) is 4.74 Å². The number of carboxylic acids is 1. The molecule has 3 aromatic rings. The van der Waals surface area contributed by atoms with Crippen LogP contribution in [0.1, 0.15) is 24.1 Å². The molecule has 3 heterocycles. The van der Waals surface area contributed by atoms with Crippen LogP contribution in [0.3, 0.4) is 0 Å². The van der Waals surface area contributed by atoms with Crippen LogP contribution in [0.25, 0.3) is 10.9 Å². The smallest absolute Gasteiger partial charge is 0.336 e. The number of fused-ring (bicyclic) bond motifs is 1. The van der Waals surface area contributed by atoms with Gasteiger partial charge in [-0.1, -0.05) is 23.4 Å². The normalized spacial score (nSPS) is 20.2. The van der Waals surface area contributed by atoms with Gasteiger partial charge < -0.3 is 9.84 Å². The summed E-state index contributed by atoms with van der Waals surface area (Å²) in [6.07, 6.45) is 5.05. The second-order valence-electron chi connectivity index (χ2n) is 6.37. The molecule has 1 saturated heterocycles. The average molecular weight is 338 g/mol. The van der Waals surface area contributed by atoms with Crippen molar-refractivity contribution in [2.45, 2.75) is 31.4 Å². The summed E-state index contributed by atoms with van der Waals surface area (Å²) in [5, 5.41) is 18.8. The third-order valence-electron chi connectivity index (χ3n) is 4.56. The molecule has 0 saturated carbocycles. The molecule has 25 heavy (non-hydrogen) atoms. The zero-order chi connectivity index (χ0) is 17.3. The predicted molar refractivity (Wildman–Crippen MR) is 90.1 cm³/mol. The van der Waals surface area contributed by atoms with Gasteiger partial charge in [0.2, 0.25) is 0 Å². The third kappa shape index (κ3) is 3.10. The molecule has 0 bridgehead atoms. The van der Waals surface area contributed by atoms with E-state index >= 15 is 0 Å². The van der Waals surface area contributed by atoms with Crippen LogP contribution in [0.15, 0.2) is 42.7 Å². The summed E-state index contributed by atoms with van der Waals surface area (Å²) in [4.78, 5) is 15.9. The lowest BCUT2D eigenvalue weighted by atomic mass is 9.95. The van der Waals surface area contributed by atoms with Crippen molar-refractivity contribution >= 4 is 16.9 Å². The Kier molecular flexibility index (Phi) is 3.93. The van der Waals surface area contributed by atoms with Gasteiger partial charge in [-0.2, -0.15) is 0 Å². The van der Waals surface area contributed by atoms with Gasteiger partial charge in [0.15, 0.2) is 5.60 Å². The zero-order valence-corrected chi connectivity index (χ0v) is 13.6. The van der Waals surface area contributed by atoms with Gasteiger partial charge in [-0.05, 0) is 30.5 Å². The zero-order valence-electron chi connectivity index (χ0n) is 13.6. The van der Waals surface area contributed by atoms with E-state index in [2.05, 4.69) is 15.3 Å². The molecule has 0 aliphatic carbocycles. The number of hydrogen-bond acceptors (Lipinski definition) is 5. The van der Waals surface area contributed by atoms with Crippen molar-refractivity contribution in [3.05, 3.63) is 54.0 Å². The number of hydrogen-bond donors (Lipinski definition) is 1. The third-order valence-corrected chi connectivity index (χ3v) is 4.56. The molecule has 4 rings (SSSR count). The number of aliphatic carboxylic acids is 1. The average Bonchev–Trinajstić information content (AvgIpc) is 3.26. The number of rotatable bonds is 5. The van der Waals surface area contributed by atoms with E-state index in [-0.39, 0.29) is 6.42 Å². The number of carboxylic acid groups (broad SMARTS) is 1. The molecule has 7 nitrogen and oxygen atoms in total. The lowest BCUT2D eigenvalue weighted by Crippen LogP contribution is -2.40. The van der Waals surface area contributed by atoms with Crippen molar-refractivity contribution in [1.29, 1.82) is 0 Å². The van der Waals surface area contributed by atoms with Crippen LogP contribution < -0.4 is 0 Å². The first kappa shape index (κ1) is 15.7. The maximum atomic E-state index is 11.6. The van der Waals surface area contributed by atoms with Crippen LogP contribution in [-0.2, 0) is 22.5 Å². The summed E-state index contributed by atoms with van der Waals surface area (Å²) < 4.78 is 7.21. The summed E-state index contributed by atoms with van der Waals surface area (Å²) in [5.41, 5.74) is 1.47. The first-order valence-electron chi connectivity index (χ1n) is 8.25. The molecule has 0 radical (unpaired) electrons. The maximum Gasteiger partial charge on any atom is 0.336 e. The van der Waals surface area contributed by atoms with Gasteiger partial charge in [0.25, 0.3) is 0 Å². The molecule has 0 amide bonds. The summed E-state index contributed by atoms with van der Waals surface area (Å²) in [6, 6.07) is 10.0. The minimum atomic E-state index is -1.16. The van der Waals surface area contributed by atoms with Crippen molar-refractivity contribution in [2.75, 3.05) is 6.61 Å². The minimum Gasteiger partial charge on any atom is -0.479 e. The van der Waals surface area contributed by atoms with Crippen LogP contribution in [0.2, 0.25) is 0 Å². The fourth-order valence-corrected chi connectivity index (χ4v) is 3.27. The van der Waals surface area contributed by atoms with Crippen molar-refractivity contribution in [3.63, 3.8) is 0 Å². The Morgan fingerprint density at radius 2 is 2.28 bits per heavy atom. The Bertz CT molecular complexity index is 915. The summed E-state index contributed by atoms with van der Waals surface area (Å²) in [5.74, 6) is -0.930. The van der Waals surface area contributed by atoms with Crippen molar-refractivity contribution in [2.24, 2.45) is 0 Å². The van der Waals surface area contributed by atoms with Gasteiger partial charge >= 0.3 is 5.97 Å². The van der Waals surface area contributed by atoms with Crippen LogP contribution in [0.5, 0.6) is 0 Å². The van der Waals surface area contributed by atoms with Gasteiger partial charge in [-0.25, -0.2) is 9.48 Å². The molecule has 1 aliphatic rings. The van der Waals surface area contributed by atoms with Gasteiger partial charge in [0, 0.05) is 30.8 Å². The monoisotopic (exact) mass is 338 g/mol. The van der Waals surface area contributed by atoms with E-state index in [0.29, 0.717) is 25.3 Å². The van der Waals surface area contributed by atoms with Gasteiger partial charge in [0.05, 0.1) is 17.8 Å². The highest BCUT2D eigenvalue weighted by Crippen LogP contribution is 2.29. The molecular formula is C18H18N4O3. The first-order chi connectivity index (χ1) is 12.1. The van der Waals surface area contributed by atoms with E-state index in [1.54, 1.807) is 17.1 Å². The molecular weight excluding hydrogens is 320 g/mol. The molecule has 1 N–H and O–H groups in total. The lowest BCUT2D eigenvalue weighted by Gasteiger charge is -2.21. The Morgan fingerprint density at radius 3 is 3.08 bits per heavy atom. The molecule has 7 heteroatoms. The van der Waals surface area contributed by atoms with Gasteiger partial charge in [-0.3, -0.25) is 4.98 Å². The molecule has 0 spiro atoms. The molecule has 1 fully saturated rings. The van der Waals surface area contributed by atoms with Gasteiger partial charge in [-0.15, -0.1) is 5.10 Å². The van der Waals surface area contributed by atoms with Crippen LogP contribution in [-0.4, -0.2) is 43.3 Å². The second kappa shape index (κ2) is 6.25. The van der Waals surface area contributed by atoms with Crippen molar-refractivity contribution in [1.82, 2.24) is 20.0 Å². The van der Waals surface area contributed by atoms with Crippen LogP contribution in [0, 0.1) is 0 Å². The van der Waals surface area contributed by atoms with E-state index in [0.717, 1.165) is 22.9 Å². The van der Waals surface area contributed by atoms with Gasteiger partial charge in [0.1, 0.15) is 0 Å². The fraction of sp³-hybridized carbons (Fsp3) is 0.333. The Labute approximate surface area is 144 Å². The predicted octanol–water partition coefficient (Wildman–Crippen LogP) is 2.05. The molecule has 128 valence electrons. The minimum absolute atomic E-state index is 0.238. The fourth-order valence-electron chi connectivity index (χ4n) is 3.27. The molecule has 1 atom stereocenters. The molecule has 1 aromatic carbocycles. The highest BCUT2D eigenvalue weighted by atomic mass is 16.5. The Morgan fingerprint density at radius 1 is 1.36 bits per heavy atom. The van der Waals surface area contributed by atoms with E-state index in [1.807, 2.05) is 30.3 Å². The number of nitrogens with zero attached hydrogens (tertiary/aromatic N) is 4. The lowest BCUT2D eigenvalue weighted by molar-refractivity contribution is -0.160. The summed E-state index contributed by atoms with van der Waals surface area (Å²) in [7, 11) is 0. The summed E-state index contributed by atoms with van der Waals surface area (Å²) >= 11 is 0. The molecule has 1 unspecified atom stereocenters. The second-order valence-corrected chi connectivity index (χ2v) is 6.37. The summed E-state index contributed by atoms with van der Waals surface area (Å²) in [6.45, 7) is 1.03. The first-order valence-corrected chi connectivity index (χ1v) is 8.25. The maximum absolute atomic E-state index is 11.6. The highest BCUT2D eigenvalue weighted by Gasteiger charge is 2.43. The Hall–Kier alpha value is -2.80. The van der Waals surface area contributed by atoms with Crippen LogP contribution in [0.4, 0.5) is 0 Å². The highest BCUT2D eigenvalue weighted by molar-refractivity contribution is 5.79. The van der Waals surface area contributed by atoms with E-state index in [9.17, 15) is 9.90 Å². The van der Waals surface area contributed by atoms with Crippen molar-refractivity contribution in [3.8, 4) is 0 Å². The van der Waals surface area contributed by atoms with E-state index in [1.165, 1.54) is 0 Å². The number of benzene rings is 1. The van der Waals surface area contributed by atoms with Crippen LogP contribution >= 0.6 is 0 Å². The Balaban J connectivity index is 1.51. The number of pyridine rings is 1. The number of aromatic nitrogens is 4. The largest absolute Gasteiger partial charge is 0.479 e.